The summed E-state index contributed by atoms with van der Waals surface area (Å²) in [6, 6.07) is 0. The van der Waals surface area contributed by atoms with Crippen molar-refractivity contribution in [1.82, 2.24) is 0 Å². The van der Waals surface area contributed by atoms with Crippen LogP contribution in [0.25, 0.3) is 0 Å². The number of hydrogen-bond acceptors (Lipinski definition) is 2. The van der Waals surface area contributed by atoms with Crippen LogP contribution in [0.1, 0.15) is 25.7 Å². The molecule has 0 amide bonds. The number of aldehydes is 1. The number of hydrogen-bond donors (Lipinski definition) is 1. The molecule has 0 saturated heterocycles. The highest BCUT2D eigenvalue weighted by molar-refractivity contribution is 5.66. The van der Waals surface area contributed by atoms with Gasteiger partial charge in [-0.15, -0.1) is 0 Å². The van der Waals surface area contributed by atoms with Crippen LogP contribution >= 0.6 is 0 Å². The Bertz CT molecular complexity index is 262. The van der Waals surface area contributed by atoms with Crippen LogP contribution in [-0.4, -0.2) is 17.4 Å². The molecular weight excluding hydrogens is 192 g/mol. The average Bonchev–Trinajstić information content (AvgIpc) is 2.20. The summed E-state index contributed by atoms with van der Waals surface area (Å²) in [7, 11) is 0. The molecule has 15 heavy (non-hydrogen) atoms. The maximum absolute atomic E-state index is 10.2. The van der Waals surface area contributed by atoms with E-state index in [9.17, 15) is 9.59 Å². The van der Waals surface area contributed by atoms with E-state index in [0.717, 1.165) is 19.1 Å². The third-order valence-corrected chi connectivity index (χ3v) is 1.64. The maximum atomic E-state index is 10.2. The fourth-order valence-electron chi connectivity index (χ4n) is 0.930. The molecule has 0 saturated carbocycles. The van der Waals surface area contributed by atoms with E-state index in [0.29, 0.717) is 6.42 Å². The zero-order valence-electron chi connectivity index (χ0n) is 8.63. The van der Waals surface area contributed by atoms with E-state index in [-0.39, 0.29) is 6.42 Å². The Morgan fingerprint density at radius 2 is 1.87 bits per heavy atom. The highest BCUT2D eigenvalue weighted by atomic mass is 16.4. The van der Waals surface area contributed by atoms with Gasteiger partial charge in [-0.25, -0.2) is 0 Å². The third kappa shape index (κ3) is 12.4. The first kappa shape index (κ1) is 13.4. The number of carbonyl (C=O) groups is 2. The van der Waals surface area contributed by atoms with Gasteiger partial charge in [0.05, 0.1) is 0 Å². The maximum Gasteiger partial charge on any atom is 0.303 e. The summed E-state index contributed by atoms with van der Waals surface area (Å²) in [5.74, 6) is -0.748. The standard InChI is InChI=1S/C12H16O3/c13-11-9-7-5-3-1-2-4-6-8-10-12(14)15/h2-5,7,9,11H,1,6,8,10H2,(H,14,15)/b4-2-,5-3+,9-7+. The molecular formula is C12H16O3. The van der Waals surface area contributed by atoms with Crippen molar-refractivity contribution >= 4 is 12.3 Å². The summed E-state index contributed by atoms with van der Waals surface area (Å²) in [6.45, 7) is 0. The van der Waals surface area contributed by atoms with Crippen LogP contribution in [0.5, 0.6) is 0 Å². The fourth-order valence-corrected chi connectivity index (χ4v) is 0.930. The van der Waals surface area contributed by atoms with Gasteiger partial charge >= 0.3 is 5.97 Å². The molecule has 0 aromatic carbocycles. The Hall–Kier alpha value is -1.64. The Labute approximate surface area is 89.8 Å². The number of allylic oxidation sites excluding steroid dienone is 6. The van der Waals surface area contributed by atoms with E-state index < -0.39 is 5.97 Å². The van der Waals surface area contributed by atoms with E-state index in [1.807, 2.05) is 18.2 Å². The van der Waals surface area contributed by atoms with Gasteiger partial charge in [0.1, 0.15) is 6.29 Å². The van der Waals surface area contributed by atoms with Crippen molar-refractivity contribution in [2.24, 2.45) is 0 Å². The molecule has 0 atom stereocenters. The summed E-state index contributed by atoms with van der Waals surface area (Å²) in [5, 5.41) is 8.37. The lowest BCUT2D eigenvalue weighted by molar-refractivity contribution is -0.137. The second kappa shape index (κ2) is 10.4. The Kier molecular flexibility index (Phi) is 9.30. The molecule has 0 aliphatic heterocycles. The normalized spacial score (nSPS) is 11.7. The van der Waals surface area contributed by atoms with Crippen molar-refractivity contribution in [2.45, 2.75) is 25.7 Å². The zero-order valence-corrected chi connectivity index (χ0v) is 8.63. The third-order valence-electron chi connectivity index (χ3n) is 1.64. The van der Waals surface area contributed by atoms with Crippen LogP contribution in [0.4, 0.5) is 0 Å². The predicted octanol–water partition coefficient (Wildman–Crippen LogP) is 2.50. The van der Waals surface area contributed by atoms with Crippen LogP contribution in [0, 0.1) is 0 Å². The van der Waals surface area contributed by atoms with Crippen molar-refractivity contribution in [1.29, 1.82) is 0 Å². The van der Waals surface area contributed by atoms with Crippen LogP contribution in [0.15, 0.2) is 36.5 Å². The van der Waals surface area contributed by atoms with Crippen LogP contribution in [0.3, 0.4) is 0 Å². The topological polar surface area (TPSA) is 54.4 Å². The molecule has 0 aromatic rings. The zero-order chi connectivity index (χ0) is 11.4. The van der Waals surface area contributed by atoms with E-state index in [1.165, 1.54) is 6.08 Å². The summed E-state index contributed by atoms with van der Waals surface area (Å²) < 4.78 is 0. The molecule has 0 unspecified atom stereocenters. The van der Waals surface area contributed by atoms with Gasteiger partial charge in [-0.05, 0) is 25.3 Å². The minimum absolute atomic E-state index is 0.224. The van der Waals surface area contributed by atoms with Gasteiger partial charge in [0.2, 0.25) is 0 Å². The first-order chi connectivity index (χ1) is 7.27. The number of carboxylic acids is 1. The average molecular weight is 208 g/mol. The lowest BCUT2D eigenvalue weighted by Crippen LogP contribution is -1.92. The van der Waals surface area contributed by atoms with Gasteiger partial charge in [0, 0.05) is 6.42 Å². The highest BCUT2D eigenvalue weighted by Crippen LogP contribution is 1.97. The molecule has 0 heterocycles. The van der Waals surface area contributed by atoms with Crippen molar-refractivity contribution < 1.29 is 14.7 Å². The second-order valence-corrected chi connectivity index (χ2v) is 2.94. The predicted molar refractivity (Wildman–Crippen MR) is 59.6 cm³/mol. The largest absolute Gasteiger partial charge is 0.481 e. The molecule has 82 valence electrons. The van der Waals surface area contributed by atoms with Crippen LogP contribution < -0.4 is 0 Å². The molecule has 0 bridgehead atoms. The van der Waals surface area contributed by atoms with E-state index in [2.05, 4.69) is 0 Å². The number of unbranched alkanes of at least 4 members (excludes halogenated alkanes) is 1. The summed E-state index contributed by atoms with van der Waals surface area (Å²) >= 11 is 0. The minimum Gasteiger partial charge on any atom is -0.481 e. The van der Waals surface area contributed by atoms with Crippen LogP contribution in [0.2, 0.25) is 0 Å². The minimum atomic E-state index is -0.748. The van der Waals surface area contributed by atoms with Gasteiger partial charge in [0.25, 0.3) is 0 Å². The fraction of sp³-hybridized carbons (Fsp3) is 0.333. The molecule has 0 spiro atoms. The number of rotatable bonds is 8. The summed E-state index contributed by atoms with van der Waals surface area (Å²) in [6.07, 6.45) is 14.0. The van der Waals surface area contributed by atoms with Gasteiger partial charge in [-0.1, -0.05) is 30.4 Å². The van der Waals surface area contributed by atoms with Gasteiger partial charge in [0.15, 0.2) is 0 Å². The number of carbonyl (C=O) groups excluding carboxylic acids is 1. The van der Waals surface area contributed by atoms with Crippen molar-refractivity contribution in [3.05, 3.63) is 36.5 Å². The monoisotopic (exact) mass is 208 g/mol. The van der Waals surface area contributed by atoms with E-state index >= 15 is 0 Å². The molecule has 0 rings (SSSR count). The van der Waals surface area contributed by atoms with Crippen molar-refractivity contribution in [3.63, 3.8) is 0 Å². The number of carboxylic acid groups (broad SMARTS) is 1. The molecule has 0 radical (unpaired) electrons. The smallest absolute Gasteiger partial charge is 0.303 e. The molecule has 0 aromatic heterocycles. The van der Waals surface area contributed by atoms with E-state index in [1.54, 1.807) is 12.2 Å². The molecule has 3 heteroatoms. The summed E-state index contributed by atoms with van der Waals surface area (Å²) in [5.41, 5.74) is 0. The first-order valence-electron chi connectivity index (χ1n) is 4.91. The van der Waals surface area contributed by atoms with Gasteiger partial charge in [-0.2, -0.15) is 0 Å². The highest BCUT2D eigenvalue weighted by Gasteiger charge is 1.92. The van der Waals surface area contributed by atoms with Crippen molar-refractivity contribution in [2.75, 3.05) is 0 Å². The lowest BCUT2D eigenvalue weighted by atomic mass is 10.2. The Morgan fingerprint density at radius 3 is 2.53 bits per heavy atom. The first-order valence-corrected chi connectivity index (χ1v) is 4.91. The molecule has 0 fully saturated rings. The van der Waals surface area contributed by atoms with Crippen LogP contribution in [-0.2, 0) is 9.59 Å². The van der Waals surface area contributed by atoms with Gasteiger partial charge < -0.3 is 5.11 Å². The summed E-state index contributed by atoms with van der Waals surface area (Å²) in [4.78, 5) is 20.0. The van der Waals surface area contributed by atoms with E-state index in [4.69, 9.17) is 5.11 Å². The lowest BCUT2D eigenvalue weighted by Gasteiger charge is -1.89. The number of aliphatic carboxylic acids is 1. The molecule has 0 aliphatic carbocycles. The SMILES string of the molecule is O=C/C=C/C=C/C/C=C\CCCC(=O)O. The van der Waals surface area contributed by atoms with Crippen molar-refractivity contribution in [3.8, 4) is 0 Å². The van der Waals surface area contributed by atoms with Gasteiger partial charge in [-0.3, -0.25) is 9.59 Å². The second-order valence-electron chi connectivity index (χ2n) is 2.94. The molecule has 1 N–H and O–H groups in total. The molecule has 3 nitrogen and oxygen atoms in total. The Morgan fingerprint density at radius 1 is 1.07 bits per heavy atom. The molecule has 0 aliphatic rings. The Balaban J connectivity index is 3.38. The quantitative estimate of drug-likeness (QED) is 0.219.